The van der Waals surface area contributed by atoms with E-state index in [1.807, 2.05) is 48.5 Å². The van der Waals surface area contributed by atoms with Gasteiger partial charge in [-0.25, -0.2) is 14.5 Å². The summed E-state index contributed by atoms with van der Waals surface area (Å²) in [4.78, 5) is 15.3. The lowest BCUT2D eigenvalue weighted by molar-refractivity contribution is 0.0691. The molecule has 0 aliphatic rings. The molecular formula is C17H10IN3O2S. The van der Waals surface area contributed by atoms with Crippen LogP contribution in [0.4, 0.5) is 0 Å². The zero-order valence-electron chi connectivity index (χ0n) is 12.2. The monoisotopic (exact) mass is 447 g/mol. The molecule has 0 spiro atoms. The van der Waals surface area contributed by atoms with Crippen LogP contribution in [0.25, 0.3) is 27.3 Å². The molecule has 24 heavy (non-hydrogen) atoms. The van der Waals surface area contributed by atoms with E-state index >= 15 is 0 Å². The van der Waals surface area contributed by atoms with Crippen LogP contribution >= 0.6 is 33.9 Å². The highest BCUT2D eigenvalue weighted by molar-refractivity contribution is 14.1. The number of fused-ring (bicyclic) bond motifs is 1. The molecule has 118 valence electrons. The van der Waals surface area contributed by atoms with Gasteiger partial charge in [0.15, 0.2) is 5.69 Å². The molecule has 0 unspecified atom stereocenters. The largest absolute Gasteiger partial charge is 0.476 e. The first-order valence-electron chi connectivity index (χ1n) is 7.06. The molecule has 0 bridgehead atoms. The first-order valence-corrected chi connectivity index (χ1v) is 9.02. The van der Waals surface area contributed by atoms with E-state index in [-0.39, 0.29) is 5.69 Å². The van der Waals surface area contributed by atoms with Crippen LogP contribution < -0.4 is 0 Å². The Labute approximate surface area is 154 Å². The number of carbonyl (C=O) groups is 1. The molecule has 2 heterocycles. The minimum atomic E-state index is -1.04. The van der Waals surface area contributed by atoms with Gasteiger partial charge in [0.2, 0.25) is 5.13 Å². The van der Waals surface area contributed by atoms with E-state index in [4.69, 9.17) is 10.2 Å². The van der Waals surface area contributed by atoms with Gasteiger partial charge in [-0.15, -0.1) is 11.3 Å². The summed E-state index contributed by atoms with van der Waals surface area (Å²) in [6.07, 6.45) is 0. The highest BCUT2D eigenvalue weighted by atomic mass is 127. The summed E-state index contributed by atoms with van der Waals surface area (Å²) in [6, 6.07) is 16.0. The van der Waals surface area contributed by atoms with Crippen molar-refractivity contribution in [3.05, 3.63) is 63.2 Å². The van der Waals surface area contributed by atoms with Crippen LogP contribution in [0.5, 0.6) is 0 Å². The molecule has 0 aliphatic heterocycles. The fourth-order valence-electron chi connectivity index (χ4n) is 2.50. The summed E-state index contributed by atoms with van der Waals surface area (Å²) in [5.41, 5.74) is 2.81. The fraction of sp³-hybridized carbons (Fsp3) is 0. The molecule has 0 aliphatic carbocycles. The molecular weight excluding hydrogens is 437 g/mol. The van der Waals surface area contributed by atoms with Crippen LogP contribution in [-0.2, 0) is 0 Å². The number of thiazole rings is 1. The van der Waals surface area contributed by atoms with Gasteiger partial charge in [-0.3, -0.25) is 0 Å². The van der Waals surface area contributed by atoms with Gasteiger partial charge in [-0.05, 0) is 40.8 Å². The highest BCUT2D eigenvalue weighted by Crippen LogP contribution is 2.31. The summed E-state index contributed by atoms with van der Waals surface area (Å²) in [7, 11) is 0. The van der Waals surface area contributed by atoms with Crippen molar-refractivity contribution in [2.45, 2.75) is 0 Å². The third-order valence-electron chi connectivity index (χ3n) is 3.58. The van der Waals surface area contributed by atoms with E-state index in [0.717, 1.165) is 25.7 Å². The molecule has 4 rings (SSSR count). The third-order valence-corrected chi connectivity index (χ3v) is 5.07. The third kappa shape index (κ3) is 2.59. The predicted octanol–water partition coefficient (Wildman–Crippen LogP) is 4.45. The fourth-order valence-corrected chi connectivity index (χ4v) is 3.74. The van der Waals surface area contributed by atoms with Crippen molar-refractivity contribution < 1.29 is 9.90 Å². The van der Waals surface area contributed by atoms with Crippen LogP contribution in [0.15, 0.2) is 53.9 Å². The number of hydrogen-bond acceptors (Lipinski definition) is 4. The minimum Gasteiger partial charge on any atom is -0.476 e. The summed E-state index contributed by atoms with van der Waals surface area (Å²) < 4.78 is 2.80. The Hall–Kier alpha value is -2.26. The van der Waals surface area contributed by atoms with Gasteiger partial charge in [-0.2, -0.15) is 5.10 Å². The molecule has 0 fully saturated rings. The summed E-state index contributed by atoms with van der Waals surface area (Å²) >= 11 is 3.52. The van der Waals surface area contributed by atoms with Crippen LogP contribution in [-0.4, -0.2) is 25.8 Å². The average Bonchev–Trinajstić information content (AvgIpc) is 3.20. The molecule has 4 aromatic rings. The molecule has 1 N–H and O–H groups in total. The lowest BCUT2D eigenvalue weighted by Crippen LogP contribution is -2.00. The van der Waals surface area contributed by atoms with Gasteiger partial charge >= 0.3 is 5.97 Å². The summed E-state index contributed by atoms with van der Waals surface area (Å²) in [5, 5.41) is 16.9. The Kier molecular flexibility index (Phi) is 3.81. The topological polar surface area (TPSA) is 68.0 Å². The SMILES string of the molecule is O=C(O)c1csc(-n2nc(-c3ccccc3)c3ccc(I)cc32)n1. The van der Waals surface area contributed by atoms with Crippen molar-refractivity contribution in [2.24, 2.45) is 0 Å². The Bertz CT molecular complexity index is 1060. The molecule has 0 radical (unpaired) electrons. The lowest BCUT2D eigenvalue weighted by atomic mass is 10.1. The number of benzene rings is 2. The van der Waals surface area contributed by atoms with Gasteiger partial charge in [0.25, 0.3) is 0 Å². The Morgan fingerprint density at radius 1 is 1.17 bits per heavy atom. The van der Waals surface area contributed by atoms with E-state index in [9.17, 15) is 4.79 Å². The molecule has 0 saturated heterocycles. The van der Waals surface area contributed by atoms with E-state index in [1.165, 1.54) is 16.7 Å². The zero-order chi connectivity index (χ0) is 16.7. The number of aromatic carboxylic acids is 1. The smallest absolute Gasteiger partial charge is 0.355 e. The van der Waals surface area contributed by atoms with Gasteiger partial charge in [-0.1, -0.05) is 30.3 Å². The van der Waals surface area contributed by atoms with Crippen LogP contribution in [0.2, 0.25) is 0 Å². The van der Waals surface area contributed by atoms with Crippen LogP contribution in [0, 0.1) is 3.57 Å². The maximum atomic E-state index is 11.1. The molecule has 2 aromatic heterocycles. The van der Waals surface area contributed by atoms with Crippen molar-refractivity contribution >= 4 is 50.8 Å². The van der Waals surface area contributed by atoms with Crippen LogP contribution in [0.1, 0.15) is 10.5 Å². The zero-order valence-corrected chi connectivity index (χ0v) is 15.2. The number of rotatable bonds is 3. The number of hydrogen-bond donors (Lipinski definition) is 1. The number of halogens is 1. The van der Waals surface area contributed by atoms with Gasteiger partial charge in [0.1, 0.15) is 5.69 Å². The Balaban J connectivity index is 1.98. The molecule has 0 amide bonds. The van der Waals surface area contributed by atoms with E-state index < -0.39 is 5.97 Å². The second kappa shape index (κ2) is 5.99. The number of carboxylic acid groups (broad SMARTS) is 1. The number of aromatic nitrogens is 3. The quantitative estimate of drug-likeness (QED) is 0.472. The number of carboxylic acids is 1. The number of nitrogens with zero attached hydrogens (tertiary/aromatic N) is 3. The standard InChI is InChI=1S/C17H10IN3O2S/c18-11-6-7-12-14(8-11)21(17-19-13(9-24-17)16(22)23)20-15(12)10-4-2-1-3-5-10/h1-9H,(H,22,23). The predicted molar refractivity (Wildman–Crippen MR) is 102 cm³/mol. The highest BCUT2D eigenvalue weighted by Gasteiger charge is 2.17. The Morgan fingerprint density at radius 3 is 2.67 bits per heavy atom. The molecule has 5 nitrogen and oxygen atoms in total. The van der Waals surface area contributed by atoms with E-state index in [0.29, 0.717) is 5.13 Å². The van der Waals surface area contributed by atoms with Crippen molar-refractivity contribution in [2.75, 3.05) is 0 Å². The van der Waals surface area contributed by atoms with E-state index in [1.54, 1.807) is 4.68 Å². The Morgan fingerprint density at radius 2 is 1.96 bits per heavy atom. The first-order chi connectivity index (χ1) is 11.6. The maximum absolute atomic E-state index is 11.1. The van der Waals surface area contributed by atoms with Crippen molar-refractivity contribution in [1.29, 1.82) is 0 Å². The second-order valence-corrected chi connectivity index (χ2v) is 7.19. The van der Waals surface area contributed by atoms with Crippen molar-refractivity contribution in [3.8, 4) is 16.4 Å². The first kappa shape index (κ1) is 15.3. The second-order valence-electron chi connectivity index (χ2n) is 5.11. The van der Waals surface area contributed by atoms with Crippen molar-refractivity contribution in [1.82, 2.24) is 14.8 Å². The maximum Gasteiger partial charge on any atom is 0.355 e. The van der Waals surface area contributed by atoms with Gasteiger partial charge in [0.05, 0.1) is 5.52 Å². The lowest BCUT2D eigenvalue weighted by Gasteiger charge is -1.98. The minimum absolute atomic E-state index is 0.0329. The van der Waals surface area contributed by atoms with Gasteiger partial charge in [0, 0.05) is 19.9 Å². The van der Waals surface area contributed by atoms with Crippen LogP contribution in [0.3, 0.4) is 0 Å². The van der Waals surface area contributed by atoms with Gasteiger partial charge < -0.3 is 5.11 Å². The molecule has 7 heteroatoms. The summed E-state index contributed by atoms with van der Waals surface area (Å²) in [5.74, 6) is -1.04. The molecule has 0 saturated carbocycles. The summed E-state index contributed by atoms with van der Waals surface area (Å²) in [6.45, 7) is 0. The normalized spacial score (nSPS) is 11.0. The molecule has 2 aromatic carbocycles. The average molecular weight is 447 g/mol. The molecule has 0 atom stereocenters. The van der Waals surface area contributed by atoms with Crippen molar-refractivity contribution in [3.63, 3.8) is 0 Å². The van der Waals surface area contributed by atoms with E-state index in [2.05, 4.69) is 27.6 Å².